The quantitative estimate of drug-likeness (QED) is 0.744. The SMILES string of the molecule is CS(=O)(=O)[C@H]1C[C@H]2CCN(C(=O)O)C[C@H]2C1. The van der Waals surface area contributed by atoms with Crippen LogP contribution in [-0.2, 0) is 9.84 Å². The minimum atomic E-state index is -2.96. The lowest BCUT2D eigenvalue weighted by molar-refractivity contribution is 0.106. The van der Waals surface area contributed by atoms with Crippen molar-refractivity contribution in [3.05, 3.63) is 0 Å². The second-order valence-corrected chi connectivity index (χ2v) is 7.29. The summed E-state index contributed by atoms with van der Waals surface area (Å²) < 4.78 is 22.9. The molecule has 16 heavy (non-hydrogen) atoms. The molecule has 92 valence electrons. The van der Waals surface area contributed by atoms with E-state index in [1.54, 1.807) is 0 Å². The molecule has 1 aliphatic heterocycles. The van der Waals surface area contributed by atoms with Gasteiger partial charge in [0, 0.05) is 19.3 Å². The highest BCUT2D eigenvalue weighted by atomic mass is 32.2. The van der Waals surface area contributed by atoms with Crippen LogP contribution in [0.25, 0.3) is 0 Å². The van der Waals surface area contributed by atoms with Crippen molar-refractivity contribution in [2.45, 2.75) is 24.5 Å². The maximum Gasteiger partial charge on any atom is 0.407 e. The van der Waals surface area contributed by atoms with E-state index in [0.717, 1.165) is 12.8 Å². The van der Waals surface area contributed by atoms with Gasteiger partial charge in [0.25, 0.3) is 0 Å². The Bertz CT molecular complexity index is 392. The van der Waals surface area contributed by atoms with Crippen molar-refractivity contribution in [3.63, 3.8) is 0 Å². The van der Waals surface area contributed by atoms with Crippen LogP contribution >= 0.6 is 0 Å². The van der Waals surface area contributed by atoms with Crippen LogP contribution in [0.1, 0.15) is 19.3 Å². The van der Waals surface area contributed by atoms with Crippen LogP contribution < -0.4 is 0 Å². The minimum absolute atomic E-state index is 0.240. The predicted molar refractivity (Wildman–Crippen MR) is 59.1 cm³/mol. The number of hydrogen-bond donors (Lipinski definition) is 1. The van der Waals surface area contributed by atoms with Gasteiger partial charge in [-0.2, -0.15) is 0 Å². The van der Waals surface area contributed by atoms with Crippen LogP contribution in [0.5, 0.6) is 0 Å². The third-order valence-electron chi connectivity index (χ3n) is 3.90. The van der Waals surface area contributed by atoms with Crippen LogP contribution in [-0.4, -0.2) is 49.1 Å². The zero-order chi connectivity index (χ0) is 11.9. The van der Waals surface area contributed by atoms with Gasteiger partial charge < -0.3 is 10.0 Å². The van der Waals surface area contributed by atoms with Gasteiger partial charge in [-0.1, -0.05) is 0 Å². The van der Waals surface area contributed by atoms with Gasteiger partial charge in [-0.15, -0.1) is 0 Å². The topological polar surface area (TPSA) is 74.7 Å². The summed E-state index contributed by atoms with van der Waals surface area (Å²) in [5, 5.41) is 8.64. The molecule has 1 heterocycles. The summed E-state index contributed by atoms with van der Waals surface area (Å²) in [6.07, 6.45) is 2.55. The first-order valence-corrected chi connectivity index (χ1v) is 7.50. The molecule has 0 radical (unpaired) electrons. The smallest absolute Gasteiger partial charge is 0.407 e. The van der Waals surface area contributed by atoms with Crippen LogP contribution in [0, 0.1) is 11.8 Å². The number of hydrogen-bond acceptors (Lipinski definition) is 3. The molecule has 0 unspecified atom stereocenters. The van der Waals surface area contributed by atoms with Crippen molar-refractivity contribution in [3.8, 4) is 0 Å². The van der Waals surface area contributed by atoms with Crippen molar-refractivity contribution in [2.24, 2.45) is 11.8 Å². The average Bonchev–Trinajstić information content (AvgIpc) is 2.58. The van der Waals surface area contributed by atoms with Crippen molar-refractivity contribution < 1.29 is 18.3 Å². The van der Waals surface area contributed by atoms with Crippen molar-refractivity contribution in [2.75, 3.05) is 19.3 Å². The van der Waals surface area contributed by atoms with Crippen LogP contribution in [0.3, 0.4) is 0 Å². The van der Waals surface area contributed by atoms with Crippen LogP contribution in [0.2, 0.25) is 0 Å². The molecule has 3 atom stereocenters. The average molecular weight is 247 g/mol. The predicted octanol–water partition coefficient (Wildman–Crippen LogP) is 0.809. The molecule has 0 aromatic heterocycles. The summed E-state index contributed by atoms with van der Waals surface area (Å²) in [6, 6.07) is 0. The van der Waals surface area contributed by atoms with Crippen molar-refractivity contribution in [1.82, 2.24) is 4.90 Å². The Morgan fingerprint density at radius 2 is 1.94 bits per heavy atom. The number of carboxylic acid groups (broad SMARTS) is 1. The van der Waals surface area contributed by atoms with E-state index in [9.17, 15) is 13.2 Å². The van der Waals surface area contributed by atoms with Gasteiger partial charge >= 0.3 is 6.09 Å². The van der Waals surface area contributed by atoms with E-state index in [-0.39, 0.29) is 11.2 Å². The molecule has 0 bridgehead atoms. The highest BCUT2D eigenvalue weighted by Gasteiger charge is 2.42. The van der Waals surface area contributed by atoms with Crippen LogP contribution in [0.4, 0.5) is 4.79 Å². The fourth-order valence-electron chi connectivity index (χ4n) is 2.95. The first-order valence-electron chi connectivity index (χ1n) is 5.54. The van der Waals surface area contributed by atoms with Gasteiger partial charge in [-0.3, -0.25) is 0 Å². The fourth-order valence-corrected chi connectivity index (χ4v) is 4.15. The Morgan fingerprint density at radius 1 is 1.31 bits per heavy atom. The maximum absolute atomic E-state index is 11.5. The molecule has 1 aliphatic carbocycles. The largest absolute Gasteiger partial charge is 0.465 e. The number of carbonyl (C=O) groups is 1. The van der Waals surface area contributed by atoms with E-state index in [2.05, 4.69) is 0 Å². The molecule has 0 spiro atoms. The molecule has 1 saturated carbocycles. The van der Waals surface area contributed by atoms with E-state index in [0.29, 0.717) is 25.4 Å². The second kappa shape index (κ2) is 3.91. The number of likely N-dealkylation sites (tertiary alicyclic amines) is 1. The van der Waals surface area contributed by atoms with E-state index in [1.165, 1.54) is 11.2 Å². The summed E-state index contributed by atoms with van der Waals surface area (Å²) in [5.74, 6) is 0.639. The number of rotatable bonds is 1. The molecule has 0 aromatic rings. The lowest BCUT2D eigenvalue weighted by atomic mass is 9.89. The minimum Gasteiger partial charge on any atom is -0.465 e. The van der Waals surface area contributed by atoms with E-state index >= 15 is 0 Å². The van der Waals surface area contributed by atoms with Gasteiger partial charge in [-0.05, 0) is 31.1 Å². The molecule has 2 rings (SSSR count). The summed E-state index contributed by atoms with van der Waals surface area (Å²) in [4.78, 5) is 12.2. The molecule has 1 N–H and O–H groups in total. The number of piperidine rings is 1. The van der Waals surface area contributed by atoms with Gasteiger partial charge in [0.05, 0.1) is 5.25 Å². The zero-order valence-electron chi connectivity index (χ0n) is 9.30. The second-order valence-electron chi connectivity index (χ2n) is 4.96. The first kappa shape index (κ1) is 11.7. The Morgan fingerprint density at radius 3 is 2.50 bits per heavy atom. The molecule has 2 aliphatic rings. The highest BCUT2D eigenvalue weighted by molar-refractivity contribution is 7.91. The summed E-state index contributed by atoms with van der Waals surface area (Å²) in [7, 11) is -2.96. The Kier molecular flexibility index (Phi) is 2.86. The molecule has 2 fully saturated rings. The third-order valence-corrected chi connectivity index (χ3v) is 5.49. The summed E-state index contributed by atoms with van der Waals surface area (Å²) >= 11 is 0. The Labute approximate surface area is 95.4 Å². The fraction of sp³-hybridized carbons (Fsp3) is 0.900. The van der Waals surface area contributed by atoms with Gasteiger partial charge in [0.1, 0.15) is 9.84 Å². The van der Waals surface area contributed by atoms with Gasteiger partial charge in [0.2, 0.25) is 0 Å². The lowest BCUT2D eigenvalue weighted by Crippen LogP contribution is -2.41. The first-order chi connectivity index (χ1) is 7.38. The zero-order valence-corrected chi connectivity index (χ0v) is 10.1. The van der Waals surface area contributed by atoms with Crippen molar-refractivity contribution >= 4 is 15.9 Å². The summed E-state index contributed by atoms with van der Waals surface area (Å²) in [6.45, 7) is 1.05. The molecule has 6 heteroatoms. The highest BCUT2D eigenvalue weighted by Crippen LogP contribution is 2.40. The molecule has 5 nitrogen and oxygen atoms in total. The molecule has 1 saturated heterocycles. The Hall–Kier alpha value is -0.780. The number of amides is 1. The standard InChI is InChI=1S/C10H17NO4S/c1-16(14,15)9-4-7-2-3-11(10(12)13)6-8(7)5-9/h7-9H,2-6H2,1H3,(H,12,13)/t7-,8-,9+/m1/s1. The monoisotopic (exact) mass is 247 g/mol. The number of sulfone groups is 1. The maximum atomic E-state index is 11.5. The van der Waals surface area contributed by atoms with Gasteiger partial charge in [-0.25, -0.2) is 13.2 Å². The van der Waals surface area contributed by atoms with E-state index < -0.39 is 15.9 Å². The normalized spacial score (nSPS) is 34.8. The Balaban J connectivity index is 2.04. The number of nitrogens with zero attached hydrogens (tertiary/aromatic N) is 1. The third kappa shape index (κ3) is 2.16. The van der Waals surface area contributed by atoms with E-state index in [1.807, 2.05) is 0 Å². The number of fused-ring (bicyclic) bond motifs is 1. The van der Waals surface area contributed by atoms with Crippen LogP contribution in [0.15, 0.2) is 0 Å². The molecule has 0 aromatic carbocycles. The molecule has 1 amide bonds. The lowest BCUT2D eigenvalue weighted by Gasteiger charge is -2.32. The molecular weight excluding hydrogens is 230 g/mol. The van der Waals surface area contributed by atoms with E-state index in [4.69, 9.17) is 5.11 Å². The van der Waals surface area contributed by atoms with Gasteiger partial charge in [0.15, 0.2) is 0 Å². The summed E-state index contributed by atoms with van der Waals surface area (Å²) in [5.41, 5.74) is 0. The molecular formula is C10H17NO4S. The van der Waals surface area contributed by atoms with Crippen molar-refractivity contribution in [1.29, 1.82) is 0 Å².